The molecule has 0 saturated carbocycles. The molecule has 2 N–H and O–H groups in total. The standard InChI is InChI=1S/C14H20N2O2/c1-16-5-4-11(8-16)12(7-15)10-2-3-13-14(6-10)18-9-17-13/h2-3,6,11-12H,4-5,7-9,15H2,1H3. The van der Waals surface area contributed by atoms with Crippen molar-refractivity contribution in [3.05, 3.63) is 23.8 Å². The topological polar surface area (TPSA) is 47.7 Å². The van der Waals surface area contributed by atoms with Crippen molar-refractivity contribution in [2.24, 2.45) is 11.7 Å². The Bertz CT molecular complexity index is 436. The quantitative estimate of drug-likeness (QED) is 0.878. The normalized spacial score (nSPS) is 24.4. The highest BCUT2D eigenvalue weighted by molar-refractivity contribution is 5.45. The van der Waals surface area contributed by atoms with Gasteiger partial charge in [-0.25, -0.2) is 0 Å². The number of hydrogen-bond donors (Lipinski definition) is 1. The van der Waals surface area contributed by atoms with Crippen molar-refractivity contribution in [3.8, 4) is 11.5 Å². The van der Waals surface area contributed by atoms with Crippen LogP contribution < -0.4 is 15.2 Å². The van der Waals surface area contributed by atoms with Crippen molar-refractivity contribution in [2.45, 2.75) is 12.3 Å². The molecule has 18 heavy (non-hydrogen) atoms. The minimum Gasteiger partial charge on any atom is -0.454 e. The first kappa shape index (κ1) is 11.8. The lowest BCUT2D eigenvalue weighted by Crippen LogP contribution is -2.24. The third kappa shape index (κ3) is 2.06. The molecule has 4 heteroatoms. The van der Waals surface area contributed by atoms with Crippen molar-refractivity contribution in [1.29, 1.82) is 0 Å². The third-order valence-corrected chi connectivity index (χ3v) is 4.08. The minimum absolute atomic E-state index is 0.332. The lowest BCUT2D eigenvalue weighted by Gasteiger charge is -2.22. The molecule has 2 heterocycles. The summed E-state index contributed by atoms with van der Waals surface area (Å²) >= 11 is 0. The Morgan fingerprint density at radius 1 is 1.39 bits per heavy atom. The average molecular weight is 248 g/mol. The van der Waals surface area contributed by atoms with Crippen LogP contribution in [-0.4, -0.2) is 38.4 Å². The van der Waals surface area contributed by atoms with Crippen LogP contribution in [0.5, 0.6) is 11.5 Å². The van der Waals surface area contributed by atoms with E-state index in [-0.39, 0.29) is 0 Å². The van der Waals surface area contributed by atoms with Crippen molar-refractivity contribution in [2.75, 3.05) is 33.5 Å². The molecule has 0 aromatic heterocycles. The monoisotopic (exact) mass is 248 g/mol. The van der Waals surface area contributed by atoms with E-state index in [1.54, 1.807) is 0 Å². The van der Waals surface area contributed by atoms with Crippen LogP contribution in [0.1, 0.15) is 17.9 Å². The van der Waals surface area contributed by atoms with Crippen molar-refractivity contribution in [1.82, 2.24) is 4.90 Å². The number of nitrogens with two attached hydrogens (primary N) is 1. The summed E-state index contributed by atoms with van der Waals surface area (Å²) in [6, 6.07) is 6.22. The maximum absolute atomic E-state index is 5.98. The molecule has 0 spiro atoms. The van der Waals surface area contributed by atoms with Crippen LogP contribution in [0.15, 0.2) is 18.2 Å². The summed E-state index contributed by atoms with van der Waals surface area (Å²) in [6.45, 7) is 3.33. The zero-order chi connectivity index (χ0) is 12.5. The fraction of sp³-hybridized carbons (Fsp3) is 0.571. The van der Waals surface area contributed by atoms with Gasteiger partial charge in [-0.1, -0.05) is 6.07 Å². The van der Waals surface area contributed by atoms with E-state index < -0.39 is 0 Å². The van der Waals surface area contributed by atoms with Crippen molar-refractivity contribution >= 4 is 0 Å². The molecule has 2 aliphatic rings. The number of hydrogen-bond acceptors (Lipinski definition) is 4. The van der Waals surface area contributed by atoms with Gasteiger partial charge in [0.25, 0.3) is 0 Å². The first-order valence-corrected chi connectivity index (χ1v) is 6.56. The highest BCUT2D eigenvalue weighted by atomic mass is 16.7. The predicted molar refractivity (Wildman–Crippen MR) is 70.0 cm³/mol. The summed E-state index contributed by atoms with van der Waals surface area (Å²) in [5.41, 5.74) is 7.26. The number of likely N-dealkylation sites (tertiary alicyclic amines) is 1. The Morgan fingerprint density at radius 3 is 2.94 bits per heavy atom. The fourth-order valence-electron chi connectivity index (χ4n) is 3.04. The molecule has 0 amide bonds. The SMILES string of the molecule is CN1CCC(C(CN)c2ccc3c(c2)OCO3)C1. The van der Waals surface area contributed by atoms with Crippen LogP contribution in [0.3, 0.4) is 0 Å². The first-order chi connectivity index (χ1) is 8.78. The fourth-order valence-corrected chi connectivity index (χ4v) is 3.04. The van der Waals surface area contributed by atoms with Gasteiger partial charge in [-0.15, -0.1) is 0 Å². The van der Waals surface area contributed by atoms with Gasteiger partial charge < -0.3 is 20.1 Å². The number of ether oxygens (including phenoxy) is 2. The Balaban J connectivity index is 1.83. The number of rotatable bonds is 3. The first-order valence-electron chi connectivity index (χ1n) is 6.56. The van der Waals surface area contributed by atoms with Gasteiger partial charge in [0, 0.05) is 12.5 Å². The zero-order valence-electron chi connectivity index (χ0n) is 10.8. The second kappa shape index (κ2) is 4.78. The molecular formula is C14H20N2O2. The molecular weight excluding hydrogens is 228 g/mol. The molecule has 2 unspecified atom stereocenters. The van der Waals surface area contributed by atoms with Crippen LogP contribution in [0, 0.1) is 5.92 Å². The van der Waals surface area contributed by atoms with Gasteiger partial charge >= 0.3 is 0 Å². The van der Waals surface area contributed by atoms with Crippen LogP contribution in [0.2, 0.25) is 0 Å². The molecule has 4 nitrogen and oxygen atoms in total. The molecule has 0 bridgehead atoms. The lowest BCUT2D eigenvalue weighted by molar-refractivity contribution is 0.174. The van der Waals surface area contributed by atoms with Crippen molar-refractivity contribution in [3.63, 3.8) is 0 Å². The molecule has 2 aliphatic heterocycles. The number of fused-ring (bicyclic) bond motifs is 1. The second-order valence-electron chi connectivity index (χ2n) is 5.27. The average Bonchev–Trinajstić information content (AvgIpc) is 2.99. The lowest BCUT2D eigenvalue weighted by atomic mass is 9.85. The number of benzene rings is 1. The predicted octanol–water partition coefficient (Wildman–Crippen LogP) is 1.41. The van der Waals surface area contributed by atoms with E-state index in [0.29, 0.717) is 25.2 Å². The van der Waals surface area contributed by atoms with Crippen LogP contribution in [0.4, 0.5) is 0 Å². The van der Waals surface area contributed by atoms with Crippen LogP contribution in [0.25, 0.3) is 0 Å². The van der Waals surface area contributed by atoms with Gasteiger partial charge in [-0.05, 0) is 50.2 Å². The van der Waals surface area contributed by atoms with E-state index in [1.807, 2.05) is 6.07 Å². The smallest absolute Gasteiger partial charge is 0.231 e. The Kier molecular flexibility index (Phi) is 3.14. The summed E-state index contributed by atoms with van der Waals surface area (Å²) in [7, 11) is 2.17. The van der Waals surface area contributed by atoms with E-state index in [9.17, 15) is 0 Å². The second-order valence-corrected chi connectivity index (χ2v) is 5.27. The Hall–Kier alpha value is -1.26. The molecule has 0 aliphatic carbocycles. The molecule has 1 saturated heterocycles. The van der Waals surface area contributed by atoms with Gasteiger partial charge in [-0.2, -0.15) is 0 Å². The Morgan fingerprint density at radius 2 is 2.22 bits per heavy atom. The van der Waals surface area contributed by atoms with E-state index in [0.717, 1.165) is 18.0 Å². The van der Waals surface area contributed by atoms with Gasteiger partial charge in [0.05, 0.1) is 0 Å². The largest absolute Gasteiger partial charge is 0.454 e. The molecule has 1 aromatic carbocycles. The summed E-state index contributed by atoms with van der Waals surface area (Å²) in [5.74, 6) is 2.78. The zero-order valence-corrected chi connectivity index (χ0v) is 10.8. The molecule has 0 radical (unpaired) electrons. The van der Waals surface area contributed by atoms with Crippen molar-refractivity contribution < 1.29 is 9.47 Å². The highest BCUT2D eigenvalue weighted by Crippen LogP contribution is 2.38. The molecule has 2 atom stereocenters. The summed E-state index contributed by atoms with van der Waals surface area (Å²) in [6.07, 6.45) is 1.23. The minimum atomic E-state index is 0.332. The van der Waals surface area contributed by atoms with E-state index in [4.69, 9.17) is 15.2 Å². The third-order valence-electron chi connectivity index (χ3n) is 4.08. The van der Waals surface area contributed by atoms with E-state index >= 15 is 0 Å². The highest BCUT2D eigenvalue weighted by Gasteiger charge is 2.29. The molecule has 1 aromatic rings. The summed E-state index contributed by atoms with van der Waals surface area (Å²) < 4.78 is 10.8. The van der Waals surface area contributed by atoms with Crippen LogP contribution >= 0.6 is 0 Å². The van der Waals surface area contributed by atoms with Gasteiger partial charge in [0.15, 0.2) is 11.5 Å². The van der Waals surface area contributed by atoms with Crippen LogP contribution in [-0.2, 0) is 0 Å². The van der Waals surface area contributed by atoms with E-state index in [2.05, 4.69) is 24.1 Å². The van der Waals surface area contributed by atoms with Gasteiger partial charge in [-0.3, -0.25) is 0 Å². The molecule has 3 rings (SSSR count). The maximum Gasteiger partial charge on any atom is 0.231 e. The van der Waals surface area contributed by atoms with Gasteiger partial charge in [0.2, 0.25) is 6.79 Å². The number of nitrogens with zero attached hydrogens (tertiary/aromatic N) is 1. The maximum atomic E-state index is 5.98. The summed E-state index contributed by atoms with van der Waals surface area (Å²) in [4.78, 5) is 2.38. The summed E-state index contributed by atoms with van der Waals surface area (Å²) in [5, 5.41) is 0. The Labute approximate surface area is 108 Å². The molecule has 98 valence electrons. The van der Waals surface area contributed by atoms with Gasteiger partial charge in [0.1, 0.15) is 0 Å². The molecule has 1 fully saturated rings. The van der Waals surface area contributed by atoms with E-state index in [1.165, 1.54) is 18.5 Å².